The highest BCUT2D eigenvalue weighted by molar-refractivity contribution is 7.92. The highest BCUT2D eigenvalue weighted by Gasteiger charge is 2.30. The molecular formula is C25H24ClFN2O7S. The van der Waals surface area contributed by atoms with E-state index in [1.165, 1.54) is 68.8 Å². The maximum absolute atomic E-state index is 14.7. The van der Waals surface area contributed by atoms with Gasteiger partial charge in [0.05, 0.1) is 47.7 Å². The van der Waals surface area contributed by atoms with Crippen molar-refractivity contribution in [3.05, 3.63) is 77.1 Å². The van der Waals surface area contributed by atoms with Crippen LogP contribution in [0.3, 0.4) is 0 Å². The average Bonchev–Trinajstić information content (AvgIpc) is 2.88. The lowest BCUT2D eigenvalue weighted by molar-refractivity contribution is -0.114. The van der Waals surface area contributed by atoms with E-state index < -0.39 is 34.3 Å². The first-order valence-corrected chi connectivity index (χ1v) is 12.7. The molecule has 0 heterocycles. The molecule has 0 saturated heterocycles. The van der Waals surface area contributed by atoms with Crippen LogP contribution < -0.4 is 19.1 Å². The first-order valence-electron chi connectivity index (χ1n) is 10.9. The number of anilines is 2. The number of esters is 1. The molecule has 0 spiro atoms. The van der Waals surface area contributed by atoms with Crippen LogP contribution in [0, 0.1) is 5.82 Å². The lowest BCUT2D eigenvalue weighted by Gasteiger charge is -2.25. The fraction of sp³-hybridized carbons (Fsp3) is 0.200. The van der Waals surface area contributed by atoms with E-state index >= 15 is 0 Å². The molecule has 1 amide bonds. The number of ether oxygens (including phenoxy) is 3. The van der Waals surface area contributed by atoms with Crippen LogP contribution in [-0.4, -0.2) is 47.7 Å². The van der Waals surface area contributed by atoms with Gasteiger partial charge in [-0.1, -0.05) is 23.7 Å². The SMILES string of the molecule is CCOC(=O)c1ccc(NC(=O)CN(c2ccccc2F)S(=O)(=O)c2ccc(OC)c(OC)c2)c(Cl)c1. The summed E-state index contributed by atoms with van der Waals surface area (Å²) in [5, 5.41) is 2.52. The number of carbonyl (C=O) groups is 2. The van der Waals surface area contributed by atoms with E-state index in [4.69, 9.17) is 25.8 Å². The smallest absolute Gasteiger partial charge is 0.338 e. The van der Waals surface area contributed by atoms with Gasteiger partial charge in [0, 0.05) is 6.07 Å². The Kier molecular flexibility index (Phi) is 8.95. The molecule has 0 atom stereocenters. The second-order valence-electron chi connectivity index (χ2n) is 7.44. The molecule has 37 heavy (non-hydrogen) atoms. The molecule has 0 bridgehead atoms. The highest BCUT2D eigenvalue weighted by atomic mass is 35.5. The maximum atomic E-state index is 14.7. The largest absolute Gasteiger partial charge is 0.493 e. The standard InChI is InChI=1S/C25H24ClFN2O7S/c1-4-36-25(31)16-9-11-20(18(26)13-16)28-24(30)15-29(21-8-6-5-7-19(21)27)37(32,33)17-10-12-22(34-2)23(14-17)35-3/h5-14H,4,15H2,1-3H3,(H,28,30). The van der Waals surface area contributed by atoms with E-state index in [9.17, 15) is 22.4 Å². The van der Waals surface area contributed by atoms with Gasteiger partial charge in [-0.05, 0) is 49.4 Å². The first-order chi connectivity index (χ1) is 17.6. The Bertz CT molecular complexity index is 1420. The number of halogens is 2. The Morgan fingerprint density at radius 2 is 1.70 bits per heavy atom. The molecule has 0 aliphatic carbocycles. The second-order valence-corrected chi connectivity index (χ2v) is 9.71. The van der Waals surface area contributed by atoms with E-state index in [2.05, 4.69) is 5.32 Å². The highest BCUT2D eigenvalue weighted by Crippen LogP contribution is 2.33. The Hall–Kier alpha value is -3.83. The predicted octanol–water partition coefficient (Wildman–Crippen LogP) is 4.51. The summed E-state index contributed by atoms with van der Waals surface area (Å²) >= 11 is 6.20. The fourth-order valence-corrected chi connectivity index (χ4v) is 5.01. The zero-order valence-corrected chi connectivity index (χ0v) is 21.7. The summed E-state index contributed by atoms with van der Waals surface area (Å²) < 4.78 is 57.8. The van der Waals surface area contributed by atoms with Crippen LogP contribution in [0.25, 0.3) is 0 Å². The molecular weight excluding hydrogens is 527 g/mol. The van der Waals surface area contributed by atoms with Crippen molar-refractivity contribution in [2.24, 2.45) is 0 Å². The lowest BCUT2D eigenvalue weighted by Crippen LogP contribution is -2.38. The van der Waals surface area contributed by atoms with Crippen LogP contribution in [0.1, 0.15) is 17.3 Å². The molecule has 1 N–H and O–H groups in total. The Morgan fingerprint density at radius 3 is 2.32 bits per heavy atom. The van der Waals surface area contributed by atoms with Crippen molar-refractivity contribution < 1.29 is 36.6 Å². The number of methoxy groups -OCH3 is 2. The van der Waals surface area contributed by atoms with Crippen molar-refractivity contribution in [3.8, 4) is 11.5 Å². The fourth-order valence-electron chi connectivity index (χ4n) is 3.34. The van der Waals surface area contributed by atoms with Gasteiger partial charge in [-0.3, -0.25) is 9.10 Å². The molecule has 0 unspecified atom stereocenters. The number of hydrogen-bond donors (Lipinski definition) is 1. The summed E-state index contributed by atoms with van der Waals surface area (Å²) in [4.78, 5) is 24.6. The molecule has 0 fully saturated rings. The van der Waals surface area contributed by atoms with Crippen LogP contribution in [0.5, 0.6) is 11.5 Å². The topological polar surface area (TPSA) is 111 Å². The maximum Gasteiger partial charge on any atom is 0.338 e. The molecule has 0 aliphatic rings. The van der Waals surface area contributed by atoms with Crippen LogP contribution >= 0.6 is 11.6 Å². The number of sulfonamides is 1. The van der Waals surface area contributed by atoms with Crippen molar-refractivity contribution in [1.29, 1.82) is 0 Å². The van der Waals surface area contributed by atoms with E-state index in [1.807, 2.05) is 0 Å². The van der Waals surface area contributed by atoms with Gasteiger partial charge in [0.15, 0.2) is 11.5 Å². The van der Waals surface area contributed by atoms with Gasteiger partial charge in [-0.25, -0.2) is 17.6 Å². The minimum atomic E-state index is -4.45. The van der Waals surface area contributed by atoms with Crippen LogP contribution in [0.15, 0.2) is 65.6 Å². The van der Waals surface area contributed by atoms with Crippen molar-refractivity contribution >= 4 is 44.9 Å². The molecule has 3 rings (SSSR count). The molecule has 12 heteroatoms. The third kappa shape index (κ3) is 6.30. The Labute approximate surface area is 218 Å². The van der Waals surface area contributed by atoms with Crippen LogP contribution in [0.4, 0.5) is 15.8 Å². The lowest BCUT2D eigenvalue weighted by atomic mass is 10.2. The van der Waals surface area contributed by atoms with E-state index in [0.717, 1.165) is 6.07 Å². The number of hydrogen-bond acceptors (Lipinski definition) is 7. The van der Waals surface area contributed by atoms with Crippen molar-refractivity contribution in [2.45, 2.75) is 11.8 Å². The minimum Gasteiger partial charge on any atom is -0.493 e. The van der Waals surface area contributed by atoms with E-state index in [0.29, 0.717) is 4.31 Å². The minimum absolute atomic E-state index is 0.0269. The molecule has 0 saturated carbocycles. The van der Waals surface area contributed by atoms with Crippen LogP contribution in [0.2, 0.25) is 5.02 Å². The Morgan fingerprint density at radius 1 is 1.00 bits per heavy atom. The number of amides is 1. The normalized spacial score (nSPS) is 10.9. The van der Waals surface area contributed by atoms with Gasteiger partial charge in [0.2, 0.25) is 5.91 Å². The van der Waals surface area contributed by atoms with Crippen molar-refractivity contribution in [1.82, 2.24) is 0 Å². The third-order valence-corrected chi connectivity index (χ3v) is 7.17. The Balaban J connectivity index is 1.95. The number of carbonyl (C=O) groups excluding carboxylic acids is 2. The number of nitrogens with one attached hydrogen (secondary N) is 1. The van der Waals surface area contributed by atoms with Crippen molar-refractivity contribution in [3.63, 3.8) is 0 Å². The van der Waals surface area contributed by atoms with E-state index in [-0.39, 0.29) is 45.0 Å². The zero-order chi connectivity index (χ0) is 27.2. The van der Waals surface area contributed by atoms with Crippen molar-refractivity contribution in [2.75, 3.05) is 37.0 Å². The monoisotopic (exact) mass is 550 g/mol. The quantitative estimate of drug-likeness (QED) is 0.370. The summed E-state index contributed by atoms with van der Waals surface area (Å²) in [6.07, 6.45) is 0. The number of nitrogens with zero attached hydrogens (tertiary/aromatic N) is 1. The van der Waals surface area contributed by atoms with E-state index in [1.54, 1.807) is 6.92 Å². The van der Waals surface area contributed by atoms with Gasteiger partial charge in [-0.2, -0.15) is 0 Å². The van der Waals surface area contributed by atoms with Gasteiger partial charge >= 0.3 is 5.97 Å². The summed E-state index contributed by atoms with van der Waals surface area (Å²) in [6, 6.07) is 13.1. The predicted molar refractivity (Wildman–Crippen MR) is 137 cm³/mol. The van der Waals surface area contributed by atoms with Gasteiger partial charge in [-0.15, -0.1) is 0 Å². The number of benzene rings is 3. The third-order valence-electron chi connectivity index (χ3n) is 5.11. The number of para-hydroxylation sites is 1. The summed E-state index contributed by atoms with van der Waals surface area (Å²) in [5.74, 6) is -1.82. The molecule has 9 nitrogen and oxygen atoms in total. The summed E-state index contributed by atoms with van der Waals surface area (Å²) in [7, 11) is -1.72. The number of rotatable bonds is 10. The average molecular weight is 551 g/mol. The molecule has 0 aromatic heterocycles. The van der Waals surface area contributed by atoms with Crippen LogP contribution in [-0.2, 0) is 19.6 Å². The second kappa shape index (κ2) is 11.9. The first kappa shape index (κ1) is 27.8. The molecule has 0 radical (unpaired) electrons. The molecule has 3 aromatic rings. The van der Waals surface area contributed by atoms with Gasteiger partial charge in [0.1, 0.15) is 12.4 Å². The molecule has 196 valence electrons. The van der Waals surface area contributed by atoms with Gasteiger partial charge < -0.3 is 19.5 Å². The molecule has 3 aromatic carbocycles. The van der Waals surface area contributed by atoms with Gasteiger partial charge in [0.25, 0.3) is 10.0 Å². The molecule has 0 aliphatic heterocycles. The zero-order valence-electron chi connectivity index (χ0n) is 20.2. The summed E-state index contributed by atoms with van der Waals surface area (Å²) in [5.41, 5.74) is -0.0400. The summed E-state index contributed by atoms with van der Waals surface area (Å²) in [6.45, 7) is 1.05.